The van der Waals surface area contributed by atoms with Gasteiger partial charge in [0.25, 0.3) is 0 Å². The van der Waals surface area contributed by atoms with Gasteiger partial charge in [0.15, 0.2) is 0 Å². The third kappa shape index (κ3) is 3.52. The molecule has 2 aromatic rings. The van der Waals surface area contributed by atoms with E-state index < -0.39 is 0 Å². The minimum atomic E-state index is -0.188. The highest BCUT2D eigenvalue weighted by Crippen LogP contribution is 2.17. The summed E-state index contributed by atoms with van der Waals surface area (Å²) < 4.78 is 7.99. The topological polar surface area (TPSA) is 69.3 Å². The first-order valence-corrected chi connectivity index (χ1v) is 6.50. The third-order valence-electron chi connectivity index (χ3n) is 2.98. The van der Waals surface area contributed by atoms with Crippen LogP contribution < -0.4 is 10.4 Å². The van der Waals surface area contributed by atoms with Crippen molar-refractivity contribution in [3.63, 3.8) is 0 Å². The average molecular weight is 287 g/mol. The second-order valence-electron chi connectivity index (χ2n) is 4.48. The first-order chi connectivity index (χ1) is 10.2. The summed E-state index contributed by atoms with van der Waals surface area (Å²) in [5, 5.41) is 12.8. The van der Waals surface area contributed by atoms with Gasteiger partial charge in [-0.2, -0.15) is 5.10 Å². The second kappa shape index (κ2) is 6.77. The van der Waals surface area contributed by atoms with E-state index in [1.54, 1.807) is 14.2 Å². The molecule has 110 valence electrons. The smallest absolute Gasteiger partial charge is 0.345 e. The molecule has 21 heavy (non-hydrogen) atoms. The lowest BCUT2D eigenvalue weighted by atomic mass is 10.1. The van der Waals surface area contributed by atoms with E-state index in [1.807, 2.05) is 18.2 Å². The molecule has 0 amide bonds. The van der Waals surface area contributed by atoms with Crippen molar-refractivity contribution in [3.8, 4) is 17.6 Å². The third-order valence-corrected chi connectivity index (χ3v) is 2.98. The fourth-order valence-corrected chi connectivity index (χ4v) is 1.85. The van der Waals surface area contributed by atoms with Crippen molar-refractivity contribution in [1.82, 2.24) is 14.3 Å². The number of hydrogen-bond donors (Lipinski definition) is 1. The van der Waals surface area contributed by atoms with E-state index in [-0.39, 0.29) is 12.3 Å². The van der Waals surface area contributed by atoms with Crippen LogP contribution in [0, 0.1) is 11.8 Å². The second-order valence-corrected chi connectivity index (χ2v) is 4.48. The minimum Gasteiger partial charge on any atom is -0.497 e. The Labute approximate surface area is 122 Å². The quantitative estimate of drug-likeness (QED) is 0.825. The van der Waals surface area contributed by atoms with Crippen LogP contribution >= 0.6 is 0 Å². The predicted molar refractivity (Wildman–Crippen MR) is 78.1 cm³/mol. The molecule has 2 rings (SSSR count). The highest BCUT2D eigenvalue weighted by molar-refractivity contribution is 5.45. The molecule has 0 atom stereocenters. The van der Waals surface area contributed by atoms with E-state index in [9.17, 15) is 4.79 Å². The molecule has 1 N–H and O–H groups in total. The molecule has 0 bridgehead atoms. The van der Waals surface area contributed by atoms with Gasteiger partial charge in [0.2, 0.25) is 0 Å². The SMILES string of the molecule is COc1ccc(C#CCCO)c(Cn2ncn(C)c2=O)c1. The summed E-state index contributed by atoms with van der Waals surface area (Å²) in [6.07, 6.45) is 1.88. The summed E-state index contributed by atoms with van der Waals surface area (Å²) in [5.74, 6) is 6.57. The van der Waals surface area contributed by atoms with Crippen LogP contribution in [0.3, 0.4) is 0 Å². The number of methoxy groups -OCH3 is 1. The molecular formula is C15H17N3O3. The molecule has 6 nitrogen and oxygen atoms in total. The Morgan fingerprint density at radius 1 is 1.43 bits per heavy atom. The molecule has 0 spiro atoms. The van der Waals surface area contributed by atoms with Crippen LogP contribution in [0.25, 0.3) is 0 Å². The highest BCUT2D eigenvalue weighted by atomic mass is 16.5. The van der Waals surface area contributed by atoms with Gasteiger partial charge >= 0.3 is 5.69 Å². The first kappa shape index (κ1) is 14.9. The summed E-state index contributed by atoms with van der Waals surface area (Å²) in [4.78, 5) is 11.9. The largest absolute Gasteiger partial charge is 0.497 e. The molecule has 0 aliphatic heterocycles. The maximum absolute atomic E-state index is 11.9. The first-order valence-electron chi connectivity index (χ1n) is 6.50. The summed E-state index contributed by atoms with van der Waals surface area (Å²) in [5.41, 5.74) is 1.45. The number of aryl methyl sites for hydroxylation is 1. The number of hydrogen-bond acceptors (Lipinski definition) is 4. The van der Waals surface area contributed by atoms with E-state index in [4.69, 9.17) is 9.84 Å². The molecule has 1 heterocycles. The summed E-state index contributed by atoms with van der Waals surface area (Å²) in [6, 6.07) is 5.49. The molecule has 0 unspecified atom stereocenters. The summed E-state index contributed by atoms with van der Waals surface area (Å²) in [6.45, 7) is 0.345. The number of aliphatic hydroxyl groups excluding tert-OH is 1. The fraction of sp³-hybridized carbons (Fsp3) is 0.333. The van der Waals surface area contributed by atoms with E-state index >= 15 is 0 Å². The van der Waals surface area contributed by atoms with Crippen molar-refractivity contribution in [3.05, 3.63) is 46.1 Å². The van der Waals surface area contributed by atoms with Gasteiger partial charge in [-0.1, -0.05) is 11.8 Å². The van der Waals surface area contributed by atoms with Gasteiger partial charge in [-0.25, -0.2) is 9.48 Å². The lowest BCUT2D eigenvalue weighted by Gasteiger charge is -2.07. The van der Waals surface area contributed by atoms with Crippen LogP contribution in [0.15, 0.2) is 29.3 Å². The molecule has 1 aromatic carbocycles. The van der Waals surface area contributed by atoms with Crippen LogP contribution in [-0.4, -0.2) is 33.2 Å². The van der Waals surface area contributed by atoms with Crippen LogP contribution in [-0.2, 0) is 13.6 Å². The van der Waals surface area contributed by atoms with Crippen molar-refractivity contribution in [2.45, 2.75) is 13.0 Å². The number of rotatable bonds is 4. The zero-order valence-corrected chi connectivity index (χ0v) is 12.0. The van der Waals surface area contributed by atoms with E-state index in [0.717, 1.165) is 11.1 Å². The van der Waals surface area contributed by atoms with Crippen molar-refractivity contribution in [2.75, 3.05) is 13.7 Å². The Balaban J connectivity index is 2.37. The van der Waals surface area contributed by atoms with Gasteiger partial charge < -0.3 is 9.84 Å². The van der Waals surface area contributed by atoms with Gasteiger partial charge in [-0.3, -0.25) is 4.57 Å². The molecular weight excluding hydrogens is 270 g/mol. The molecule has 0 aliphatic rings. The lowest BCUT2D eigenvalue weighted by molar-refractivity contribution is 0.305. The molecule has 6 heteroatoms. The van der Waals surface area contributed by atoms with E-state index in [0.29, 0.717) is 18.7 Å². The van der Waals surface area contributed by atoms with Gasteiger partial charge in [0.1, 0.15) is 12.1 Å². The Morgan fingerprint density at radius 3 is 2.86 bits per heavy atom. The Bertz CT molecular complexity index is 735. The number of nitrogens with zero attached hydrogens (tertiary/aromatic N) is 3. The normalized spacial score (nSPS) is 10.0. The standard InChI is InChI=1S/C15H17N3O3/c1-17-11-16-18(15(17)20)10-13-9-14(21-2)7-6-12(13)5-3-4-8-19/h6-7,9,11,19H,4,8,10H2,1-2H3. The number of aromatic nitrogens is 3. The molecule has 0 fully saturated rings. The monoisotopic (exact) mass is 287 g/mol. The minimum absolute atomic E-state index is 0.0260. The molecule has 0 saturated heterocycles. The van der Waals surface area contributed by atoms with Crippen LogP contribution in [0.2, 0.25) is 0 Å². The maximum Gasteiger partial charge on any atom is 0.345 e. The van der Waals surface area contributed by atoms with Gasteiger partial charge in [-0.15, -0.1) is 0 Å². The van der Waals surface area contributed by atoms with Crippen molar-refractivity contribution in [2.24, 2.45) is 7.05 Å². The van der Waals surface area contributed by atoms with Crippen LogP contribution in [0.5, 0.6) is 5.75 Å². The molecule has 0 radical (unpaired) electrons. The summed E-state index contributed by atoms with van der Waals surface area (Å²) in [7, 11) is 3.24. The van der Waals surface area contributed by atoms with Crippen LogP contribution in [0.1, 0.15) is 17.5 Å². The predicted octanol–water partition coefficient (Wildman–Crippen LogP) is 0.373. The molecule has 1 aromatic heterocycles. The Kier molecular flexibility index (Phi) is 4.80. The number of ether oxygens (including phenoxy) is 1. The van der Waals surface area contributed by atoms with Gasteiger partial charge in [-0.05, 0) is 23.8 Å². The van der Waals surface area contributed by atoms with Crippen molar-refractivity contribution in [1.29, 1.82) is 0 Å². The Hall–Kier alpha value is -2.52. The average Bonchev–Trinajstić information content (AvgIpc) is 2.81. The maximum atomic E-state index is 11.9. The molecule has 0 aliphatic carbocycles. The lowest BCUT2D eigenvalue weighted by Crippen LogP contribution is -2.23. The van der Waals surface area contributed by atoms with Crippen molar-refractivity contribution >= 4 is 0 Å². The fourth-order valence-electron chi connectivity index (χ4n) is 1.85. The van der Waals surface area contributed by atoms with Crippen molar-refractivity contribution < 1.29 is 9.84 Å². The summed E-state index contributed by atoms with van der Waals surface area (Å²) >= 11 is 0. The van der Waals surface area contributed by atoms with Gasteiger partial charge in [0.05, 0.1) is 20.3 Å². The van der Waals surface area contributed by atoms with E-state index in [2.05, 4.69) is 16.9 Å². The van der Waals surface area contributed by atoms with E-state index in [1.165, 1.54) is 15.6 Å². The zero-order chi connectivity index (χ0) is 15.2. The highest BCUT2D eigenvalue weighted by Gasteiger charge is 2.07. The van der Waals surface area contributed by atoms with Crippen LogP contribution in [0.4, 0.5) is 0 Å². The number of benzene rings is 1. The zero-order valence-electron chi connectivity index (χ0n) is 12.0. The van der Waals surface area contributed by atoms with Gasteiger partial charge in [0, 0.05) is 19.0 Å². The number of aliphatic hydroxyl groups is 1. The Morgan fingerprint density at radius 2 is 2.24 bits per heavy atom. The molecule has 0 saturated carbocycles.